The summed E-state index contributed by atoms with van der Waals surface area (Å²) >= 11 is 1.62. The monoisotopic (exact) mass is 482 g/mol. The second kappa shape index (κ2) is 8.26. The van der Waals surface area contributed by atoms with Crippen LogP contribution in [-0.4, -0.2) is 61.3 Å². The van der Waals surface area contributed by atoms with Gasteiger partial charge in [-0.2, -0.15) is 10.2 Å². The van der Waals surface area contributed by atoms with Gasteiger partial charge in [-0.1, -0.05) is 11.3 Å². The number of methoxy groups -OCH3 is 1. The Balaban J connectivity index is 1.42. The number of aromatic nitrogens is 5. The van der Waals surface area contributed by atoms with Crippen LogP contribution >= 0.6 is 11.3 Å². The van der Waals surface area contributed by atoms with E-state index in [-0.39, 0.29) is 12.1 Å². The summed E-state index contributed by atoms with van der Waals surface area (Å²) in [6, 6.07) is 2.32. The van der Waals surface area contributed by atoms with E-state index in [1.54, 1.807) is 23.3 Å². The van der Waals surface area contributed by atoms with E-state index in [9.17, 15) is 4.79 Å². The van der Waals surface area contributed by atoms with Gasteiger partial charge >= 0.3 is 6.09 Å². The first-order valence-corrected chi connectivity index (χ1v) is 12.3. The van der Waals surface area contributed by atoms with Gasteiger partial charge in [0.05, 0.1) is 30.4 Å². The fraction of sp³-hybridized carbons (Fsp3) is 0.500. The number of carbonyl (C=O) groups is 1. The van der Waals surface area contributed by atoms with E-state index in [0.29, 0.717) is 13.1 Å². The number of rotatable bonds is 3. The number of carbonyl (C=O) groups excluding carboxylic acids is 1. The molecule has 1 saturated heterocycles. The van der Waals surface area contributed by atoms with Crippen LogP contribution in [0.25, 0.3) is 31.8 Å². The summed E-state index contributed by atoms with van der Waals surface area (Å²) in [5.41, 5.74) is 3.30. The van der Waals surface area contributed by atoms with Crippen LogP contribution in [0.15, 0.2) is 18.5 Å². The molecule has 180 valence electrons. The maximum absolute atomic E-state index is 12.4. The molecular weight excluding hydrogens is 452 g/mol. The fourth-order valence-electron chi connectivity index (χ4n) is 4.59. The third-order valence-corrected chi connectivity index (χ3v) is 7.23. The molecule has 5 rings (SSSR count). The number of aryl methyl sites for hydroxylation is 2. The van der Waals surface area contributed by atoms with Gasteiger partial charge in [-0.15, -0.1) is 0 Å². The first-order chi connectivity index (χ1) is 16.1. The minimum absolute atomic E-state index is 0.217. The van der Waals surface area contributed by atoms with Gasteiger partial charge in [-0.05, 0) is 46.6 Å². The smallest absolute Gasteiger partial charge is 0.410 e. The lowest BCUT2D eigenvalue weighted by Gasteiger charge is -2.33. The van der Waals surface area contributed by atoms with Crippen LogP contribution in [0.2, 0.25) is 0 Å². The molecular formula is C24H30N6O3S. The van der Waals surface area contributed by atoms with Gasteiger partial charge in [0.2, 0.25) is 0 Å². The highest BCUT2D eigenvalue weighted by molar-refractivity contribution is 7.21. The van der Waals surface area contributed by atoms with Crippen LogP contribution in [0.4, 0.5) is 4.79 Å². The quantitative estimate of drug-likeness (QED) is 0.411. The molecule has 4 heterocycles. The van der Waals surface area contributed by atoms with Crippen molar-refractivity contribution in [1.29, 1.82) is 0 Å². The molecule has 0 saturated carbocycles. The van der Waals surface area contributed by atoms with E-state index < -0.39 is 5.60 Å². The highest BCUT2D eigenvalue weighted by Crippen LogP contribution is 2.41. The molecule has 1 fully saturated rings. The molecule has 0 aliphatic carbocycles. The van der Waals surface area contributed by atoms with E-state index in [4.69, 9.17) is 14.5 Å². The molecule has 0 radical (unpaired) electrons. The van der Waals surface area contributed by atoms with Crippen molar-refractivity contribution >= 4 is 38.7 Å². The molecule has 0 N–H and O–H groups in total. The highest BCUT2D eigenvalue weighted by atomic mass is 32.1. The normalized spacial score (nSPS) is 15.4. The Morgan fingerprint density at radius 3 is 2.65 bits per heavy atom. The maximum atomic E-state index is 12.4. The number of hydrogen-bond donors (Lipinski definition) is 0. The average Bonchev–Trinajstić information content (AvgIpc) is 3.46. The van der Waals surface area contributed by atoms with Crippen molar-refractivity contribution in [3.05, 3.63) is 24.0 Å². The summed E-state index contributed by atoms with van der Waals surface area (Å²) in [6.45, 7) is 9.01. The SMILES string of the molecule is COc1c(-c2nc3cnn(C4CCN(C(=O)OC(C)(C)C)CC4)c3s2)cc2cn(C)nc2c1C. The molecule has 10 heteroatoms. The number of nitrogens with zero attached hydrogens (tertiary/aromatic N) is 6. The Morgan fingerprint density at radius 2 is 1.97 bits per heavy atom. The van der Waals surface area contributed by atoms with Gasteiger partial charge in [-0.25, -0.2) is 14.5 Å². The third kappa shape index (κ3) is 4.00. The van der Waals surface area contributed by atoms with Crippen molar-refractivity contribution in [2.75, 3.05) is 20.2 Å². The molecule has 1 amide bonds. The van der Waals surface area contributed by atoms with Gasteiger partial charge in [0.25, 0.3) is 0 Å². The molecule has 0 atom stereocenters. The molecule has 34 heavy (non-hydrogen) atoms. The Bertz CT molecular complexity index is 1370. The van der Waals surface area contributed by atoms with Gasteiger partial charge in [0, 0.05) is 37.3 Å². The Kier molecular flexibility index (Phi) is 5.50. The molecule has 0 spiro atoms. The van der Waals surface area contributed by atoms with Crippen molar-refractivity contribution < 1.29 is 14.3 Å². The number of hydrogen-bond acceptors (Lipinski definition) is 7. The summed E-state index contributed by atoms with van der Waals surface area (Å²) in [4.78, 5) is 20.1. The molecule has 0 bridgehead atoms. The van der Waals surface area contributed by atoms with Crippen molar-refractivity contribution in [3.63, 3.8) is 0 Å². The molecule has 0 unspecified atom stereocenters. The van der Waals surface area contributed by atoms with E-state index in [1.165, 1.54) is 0 Å². The van der Waals surface area contributed by atoms with Gasteiger partial charge in [0.1, 0.15) is 26.7 Å². The highest BCUT2D eigenvalue weighted by Gasteiger charge is 2.29. The molecule has 9 nitrogen and oxygen atoms in total. The lowest BCUT2D eigenvalue weighted by atomic mass is 10.1. The van der Waals surface area contributed by atoms with Crippen molar-refractivity contribution in [2.45, 2.75) is 52.2 Å². The molecule has 4 aromatic rings. The van der Waals surface area contributed by atoms with Crippen LogP contribution < -0.4 is 4.74 Å². The zero-order valence-electron chi connectivity index (χ0n) is 20.5. The topological polar surface area (TPSA) is 87.3 Å². The van der Waals surface area contributed by atoms with Crippen LogP contribution in [0.1, 0.15) is 45.2 Å². The second-order valence-electron chi connectivity index (χ2n) is 9.82. The van der Waals surface area contributed by atoms with Gasteiger partial charge in [-0.3, -0.25) is 4.68 Å². The Morgan fingerprint density at radius 1 is 1.24 bits per heavy atom. The zero-order chi connectivity index (χ0) is 24.2. The van der Waals surface area contributed by atoms with E-state index in [2.05, 4.69) is 20.9 Å². The largest absolute Gasteiger partial charge is 0.496 e. The molecule has 1 aromatic carbocycles. The molecule has 1 aliphatic rings. The van der Waals surface area contributed by atoms with Crippen molar-refractivity contribution in [2.24, 2.45) is 7.05 Å². The van der Waals surface area contributed by atoms with E-state index in [0.717, 1.165) is 56.0 Å². The third-order valence-electron chi connectivity index (χ3n) is 6.14. The average molecular weight is 483 g/mol. The number of piperidine rings is 1. The molecule has 1 aliphatic heterocycles. The van der Waals surface area contributed by atoms with Gasteiger partial charge < -0.3 is 14.4 Å². The van der Waals surface area contributed by atoms with E-state index in [1.807, 2.05) is 51.8 Å². The molecule has 3 aromatic heterocycles. The lowest BCUT2D eigenvalue weighted by molar-refractivity contribution is 0.0186. The number of likely N-dealkylation sites (tertiary alicyclic amines) is 1. The summed E-state index contributed by atoms with van der Waals surface area (Å²) < 4.78 is 15.2. The number of fused-ring (bicyclic) bond motifs is 2. The van der Waals surface area contributed by atoms with Crippen LogP contribution in [-0.2, 0) is 11.8 Å². The standard InChI is InChI=1S/C24H30N6O3S/c1-14-19-15(13-28(5)27-19)11-17(20(14)32-6)21-26-18-12-25-30(22(18)34-21)16-7-9-29(10-8-16)23(31)33-24(2,3)4/h11-13,16H,7-10H2,1-6H3. The Hall–Kier alpha value is -3.14. The maximum Gasteiger partial charge on any atom is 0.410 e. The van der Waals surface area contributed by atoms with Crippen molar-refractivity contribution in [3.8, 4) is 16.3 Å². The first-order valence-electron chi connectivity index (χ1n) is 11.5. The van der Waals surface area contributed by atoms with E-state index >= 15 is 0 Å². The number of benzene rings is 1. The van der Waals surface area contributed by atoms with Gasteiger partial charge in [0.15, 0.2) is 0 Å². The number of thiazole rings is 1. The summed E-state index contributed by atoms with van der Waals surface area (Å²) in [7, 11) is 3.61. The fourth-order valence-corrected chi connectivity index (χ4v) is 5.67. The zero-order valence-corrected chi connectivity index (χ0v) is 21.3. The summed E-state index contributed by atoms with van der Waals surface area (Å²) in [5, 5.41) is 11.2. The van der Waals surface area contributed by atoms with Crippen LogP contribution in [0.3, 0.4) is 0 Å². The van der Waals surface area contributed by atoms with Crippen molar-refractivity contribution in [1.82, 2.24) is 29.4 Å². The number of amides is 1. The lowest BCUT2D eigenvalue weighted by Crippen LogP contribution is -2.42. The Labute approximate surface area is 202 Å². The minimum atomic E-state index is -0.487. The predicted octanol–water partition coefficient (Wildman–Crippen LogP) is 4.94. The first kappa shape index (κ1) is 22.6. The predicted molar refractivity (Wildman–Crippen MR) is 132 cm³/mol. The van der Waals surface area contributed by atoms with Crippen LogP contribution in [0, 0.1) is 6.92 Å². The minimum Gasteiger partial charge on any atom is -0.496 e. The summed E-state index contributed by atoms with van der Waals surface area (Å²) in [5.74, 6) is 0.799. The number of ether oxygens (including phenoxy) is 2. The summed E-state index contributed by atoms with van der Waals surface area (Å²) in [6.07, 6.45) is 5.25. The van der Waals surface area contributed by atoms with Crippen LogP contribution in [0.5, 0.6) is 5.75 Å². The second-order valence-corrected chi connectivity index (χ2v) is 10.8.